The molecule has 0 bridgehead atoms. The molecule has 0 saturated carbocycles. The second kappa shape index (κ2) is 6.59. The van der Waals surface area contributed by atoms with Gasteiger partial charge in [-0.15, -0.1) is 0 Å². The van der Waals surface area contributed by atoms with Gasteiger partial charge in [0.25, 0.3) is 0 Å². The Bertz CT molecular complexity index is 412. The van der Waals surface area contributed by atoms with Gasteiger partial charge in [0.05, 0.1) is 7.11 Å². The molecule has 1 unspecified atom stereocenters. The van der Waals surface area contributed by atoms with E-state index in [0.29, 0.717) is 6.04 Å². The van der Waals surface area contributed by atoms with E-state index in [-0.39, 0.29) is 0 Å². The van der Waals surface area contributed by atoms with Crippen molar-refractivity contribution in [1.29, 1.82) is 0 Å². The lowest BCUT2D eigenvalue weighted by molar-refractivity contribution is 0.193. The molecule has 0 radical (unpaired) electrons. The second-order valence-corrected chi connectivity index (χ2v) is 6.12. The van der Waals surface area contributed by atoms with Crippen LogP contribution in [0, 0.1) is 5.92 Å². The monoisotopic (exact) mass is 274 g/mol. The van der Waals surface area contributed by atoms with Crippen molar-refractivity contribution < 1.29 is 4.74 Å². The molecule has 20 heavy (non-hydrogen) atoms. The Kier molecular flexibility index (Phi) is 4.58. The minimum absolute atomic E-state index is 0.621. The summed E-state index contributed by atoms with van der Waals surface area (Å²) in [6.07, 6.45) is 5.32. The molecule has 2 aliphatic heterocycles. The summed E-state index contributed by atoms with van der Waals surface area (Å²) in [5, 5.41) is 3.46. The van der Waals surface area contributed by atoms with E-state index in [1.54, 1.807) is 7.11 Å². The minimum atomic E-state index is 0.621. The highest BCUT2D eigenvalue weighted by Crippen LogP contribution is 2.34. The van der Waals surface area contributed by atoms with Gasteiger partial charge in [0.2, 0.25) is 0 Å². The van der Waals surface area contributed by atoms with Crippen LogP contribution in [0.15, 0.2) is 24.3 Å². The van der Waals surface area contributed by atoms with Gasteiger partial charge < -0.3 is 10.1 Å². The minimum Gasteiger partial charge on any atom is -0.497 e. The molecular weight excluding hydrogens is 248 g/mol. The quantitative estimate of drug-likeness (QED) is 0.913. The summed E-state index contributed by atoms with van der Waals surface area (Å²) in [4.78, 5) is 2.71. The Morgan fingerprint density at radius 3 is 2.60 bits per heavy atom. The van der Waals surface area contributed by atoms with Crippen molar-refractivity contribution >= 4 is 0 Å². The van der Waals surface area contributed by atoms with Crippen molar-refractivity contribution in [1.82, 2.24) is 10.2 Å². The van der Waals surface area contributed by atoms with Crippen LogP contribution in [0.1, 0.15) is 37.3 Å². The number of ether oxygens (including phenoxy) is 1. The highest BCUT2D eigenvalue weighted by molar-refractivity contribution is 5.29. The first kappa shape index (κ1) is 13.9. The molecule has 3 rings (SSSR count). The average molecular weight is 274 g/mol. The number of methoxy groups -OCH3 is 1. The molecule has 0 aromatic heterocycles. The fourth-order valence-corrected chi connectivity index (χ4v) is 3.64. The third kappa shape index (κ3) is 3.15. The van der Waals surface area contributed by atoms with Gasteiger partial charge in [0.15, 0.2) is 0 Å². The van der Waals surface area contributed by atoms with Gasteiger partial charge in [-0.2, -0.15) is 0 Å². The molecule has 110 valence electrons. The molecule has 2 aliphatic rings. The fraction of sp³-hybridized carbons (Fsp3) is 0.647. The maximum absolute atomic E-state index is 5.26. The Morgan fingerprint density at radius 2 is 1.90 bits per heavy atom. The Labute approximate surface area is 122 Å². The van der Waals surface area contributed by atoms with E-state index in [9.17, 15) is 0 Å². The van der Waals surface area contributed by atoms with Gasteiger partial charge in [-0.05, 0) is 68.9 Å². The van der Waals surface area contributed by atoms with Gasteiger partial charge >= 0.3 is 0 Å². The summed E-state index contributed by atoms with van der Waals surface area (Å²) in [5.41, 5.74) is 1.46. The molecule has 3 heteroatoms. The molecule has 1 N–H and O–H groups in total. The molecule has 1 atom stereocenters. The van der Waals surface area contributed by atoms with Gasteiger partial charge in [-0.1, -0.05) is 12.1 Å². The number of likely N-dealkylation sites (tertiary alicyclic amines) is 1. The SMILES string of the molecule is COc1ccc(C2CCCN2CC2CCNCC2)cc1. The van der Waals surface area contributed by atoms with Crippen LogP contribution >= 0.6 is 0 Å². The van der Waals surface area contributed by atoms with E-state index in [4.69, 9.17) is 4.74 Å². The van der Waals surface area contributed by atoms with Crippen molar-refractivity contribution in [2.45, 2.75) is 31.7 Å². The topological polar surface area (TPSA) is 24.5 Å². The standard InChI is InChI=1S/C17H26N2O/c1-20-16-6-4-15(5-7-16)17-3-2-12-19(17)13-14-8-10-18-11-9-14/h4-7,14,17-18H,2-3,8-13H2,1H3. The van der Waals surface area contributed by atoms with Crippen LogP contribution in [0.25, 0.3) is 0 Å². The number of hydrogen-bond donors (Lipinski definition) is 1. The van der Waals surface area contributed by atoms with E-state index in [1.807, 2.05) is 0 Å². The van der Waals surface area contributed by atoms with Gasteiger partial charge in [0, 0.05) is 12.6 Å². The summed E-state index contributed by atoms with van der Waals surface area (Å²) in [5.74, 6) is 1.84. The van der Waals surface area contributed by atoms with Crippen LogP contribution in [-0.4, -0.2) is 38.2 Å². The summed E-state index contributed by atoms with van der Waals surface area (Å²) in [6, 6.07) is 9.29. The maximum Gasteiger partial charge on any atom is 0.118 e. The Morgan fingerprint density at radius 1 is 1.15 bits per heavy atom. The summed E-state index contributed by atoms with van der Waals surface area (Å²) in [7, 11) is 1.73. The van der Waals surface area contributed by atoms with E-state index in [2.05, 4.69) is 34.5 Å². The van der Waals surface area contributed by atoms with Crippen molar-refractivity contribution in [2.75, 3.05) is 33.3 Å². The van der Waals surface area contributed by atoms with E-state index >= 15 is 0 Å². The molecule has 1 aromatic carbocycles. The summed E-state index contributed by atoms with van der Waals surface area (Å²) < 4.78 is 5.26. The summed E-state index contributed by atoms with van der Waals surface area (Å²) >= 11 is 0. The zero-order chi connectivity index (χ0) is 13.8. The molecule has 3 nitrogen and oxygen atoms in total. The Balaban J connectivity index is 1.64. The first-order valence-electron chi connectivity index (χ1n) is 7.95. The van der Waals surface area contributed by atoms with E-state index in [1.165, 1.54) is 57.4 Å². The van der Waals surface area contributed by atoms with Crippen LogP contribution in [0.4, 0.5) is 0 Å². The lowest BCUT2D eigenvalue weighted by atomic mass is 9.96. The lowest BCUT2D eigenvalue weighted by Crippen LogP contribution is -2.36. The molecular formula is C17H26N2O. The maximum atomic E-state index is 5.26. The smallest absolute Gasteiger partial charge is 0.118 e. The third-order valence-electron chi connectivity index (χ3n) is 4.82. The second-order valence-electron chi connectivity index (χ2n) is 6.12. The van der Waals surface area contributed by atoms with E-state index in [0.717, 1.165) is 11.7 Å². The normalized spacial score (nSPS) is 24.9. The van der Waals surface area contributed by atoms with Crippen molar-refractivity contribution in [2.24, 2.45) is 5.92 Å². The number of rotatable bonds is 4. The first-order chi connectivity index (χ1) is 9.86. The first-order valence-corrected chi connectivity index (χ1v) is 7.95. The van der Waals surface area contributed by atoms with Crippen LogP contribution < -0.4 is 10.1 Å². The molecule has 0 spiro atoms. The Hall–Kier alpha value is -1.06. The third-order valence-corrected chi connectivity index (χ3v) is 4.82. The highest BCUT2D eigenvalue weighted by atomic mass is 16.5. The van der Waals surface area contributed by atoms with Crippen LogP contribution in [0.3, 0.4) is 0 Å². The van der Waals surface area contributed by atoms with Crippen molar-refractivity contribution in [3.63, 3.8) is 0 Å². The van der Waals surface area contributed by atoms with Crippen LogP contribution in [-0.2, 0) is 0 Å². The summed E-state index contributed by atoms with van der Waals surface area (Å²) in [6.45, 7) is 4.94. The van der Waals surface area contributed by atoms with Gasteiger partial charge in [0.1, 0.15) is 5.75 Å². The molecule has 0 aliphatic carbocycles. The zero-order valence-electron chi connectivity index (χ0n) is 12.5. The number of piperidine rings is 1. The largest absolute Gasteiger partial charge is 0.497 e. The van der Waals surface area contributed by atoms with Crippen molar-refractivity contribution in [3.05, 3.63) is 29.8 Å². The number of benzene rings is 1. The molecule has 0 amide bonds. The number of nitrogens with one attached hydrogen (secondary N) is 1. The molecule has 2 fully saturated rings. The average Bonchev–Trinajstić information content (AvgIpc) is 2.96. The van der Waals surface area contributed by atoms with Crippen LogP contribution in [0.5, 0.6) is 5.75 Å². The molecule has 2 saturated heterocycles. The van der Waals surface area contributed by atoms with Crippen LogP contribution in [0.2, 0.25) is 0 Å². The van der Waals surface area contributed by atoms with Gasteiger partial charge in [-0.3, -0.25) is 4.90 Å². The lowest BCUT2D eigenvalue weighted by Gasteiger charge is -2.31. The zero-order valence-corrected chi connectivity index (χ0v) is 12.5. The van der Waals surface area contributed by atoms with Crippen molar-refractivity contribution in [3.8, 4) is 5.75 Å². The fourth-order valence-electron chi connectivity index (χ4n) is 3.64. The molecule has 1 aromatic rings. The van der Waals surface area contributed by atoms with Gasteiger partial charge in [-0.25, -0.2) is 0 Å². The predicted octanol–water partition coefficient (Wildman–Crippen LogP) is 2.83. The predicted molar refractivity (Wildman–Crippen MR) is 82.1 cm³/mol. The molecule has 2 heterocycles. The highest BCUT2D eigenvalue weighted by Gasteiger charge is 2.28. The van der Waals surface area contributed by atoms with E-state index < -0.39 is 0 Å². The number of nitrogens with zero attached hydrogens (tertiary/aromatic N) is 1. The number of hydrogen-bond acceptors (Lipinski definition) is 3.